The first-order valence-electron chi connectivity index (χ1n) is 8.28. The first-order valence-corrected chi connectivity index (χ1v) is 8.28. The average Bonchev–Trinajstić information content (AvgIpc) is 3.06. The predicted molar refractivity (Wildman–Crippen MR) is 84.2 cm³/mol. The molecule has 9 heteroatoms. The Morgan fingerprint density at radius 2 is 2.00 bits per heavy atom. The number of nitrogens with zero attached hydrogens (tertiary/aromatic N) is 1. The molecule has 0 aromatic heterocycles. The molecule has 0 radical (unpaired) electrons. The lowest BCUT2D eigenvalue weighted by molar-refractivity contribution is -0.177. The molecule has 3 rings (SSSR count). The summed E-state index contributed by atoms with van der Waals surface area (Å²) in [4.78, 5) is 48.9. The Morgan fingerprint density at radius 3 is 2.58 bits per heavy atom. The molecular formula is C17H21NO8. The van der Waals surface area contributed by atoms with Gasteiger partial charge >= 0.3 is 18.1 Å². The standard InChI is InChI=1S/C17H21NO8/c1-16(2,3)14(21)25-8-24-13(20)10-6-5-9-11(12(19)18(9)10)17(4)7-23-15(22)26-17/h6,9,11H,5,7-8H2,1-4H3. The second-order valence-corrected chi connectivity index (χ2v) is 7.76. The third kappa shape index (κ3) is 2.91. The van der Waals surface area contributed by atoms with Crippen LogP contribution in [0.4, 0.5) is 4.79 Å². The van der Waals surface area contributed by atoms with Crippen LogP contribution in [0.2, 0.25) is 0 Å². The van der Waals surface area contributed by atoms with E-state index in [1.807, 2.05) is 0 Å². The summed E-state index contributed by atoms with van der Waals surface area (Å²) in [5.41, 5.74) is -1.64. The lowest BCUT2D eigenvalue weighted by Gasteiger charge is -2.48. The van der Waals surface area contributed by atoms with Crippen molar-refractivity contribution in [2.24, 2.45) is 11.3 Å². The number of carbonyl (C=O) groups is 4. The molecule has 3 aliphatic heterocycles. The summed E-state index contributed by atoms with van der Waals surface area (Å²) in [7, 11) is 0. The van der Waals surface area contributed by atoms with Crippen LogP contribution in [0.5, 0.6) is 0 Å². The average molecular weight is 367 g/mol. The van der Waals surface area contributed by atoms with Gasteiger partial charge in [-0.05, 0) is 34.1 Å². The predicted octanol–water partition coefficient (Wildman–Crippen LogP) is 1.12. The normalized spacial score (nSPS) is 30.0. The minimum atomic E-state index is -1.04. The number of amides is 1. The van der Waals surface area contributed by atoms with Crippen molar-refractivity contribution < 1.29 is 38.1 Å². The molecule has 1 amide bonds. The maximum absolute atomic E-state index is 12.5. The number of β-lactam (4-membered cyclic amide) rings is 1. The van der Waals surface area contributed by atoms with E-state index in [1.165, 1.54) is 4.90 Å². The maximum Gasteiger partial charge on any atom is 0.509 e. The van der Waals surface area contributed by atoms with Crippen molar-refractivity contribution in [3.63, 3.8) is 0 Å². The highest BCUT2D eigenvalue weighted by Gasteiger charge is 2.63. The zero-order valence-electron chi connectivity index (χ0n) is 15.1. The second kappa shape index (κ2) is 6.00. The van der Waals surface area contributed by atoms with Gasteiger partial charge < -0.3 is 23.8 Å². The summed E-state index contributed by atoms with van der Waals surface area (Å²) in [5.74, 6) is -2.15. The molecule has 2 saturated heterocycles. The zero-order chi connectivity index (χ0) is 19.3. The number of fused-ring (bicyclic) bond motifs is 1. The van der Waals surface area contributed by atoms with Gasteiger partial charge in [0.2, 0.25) is 12.7 Å². The van der Waals surface area contributed by atoms with Gasteiger partial charge in [-0.25, -0.2) is 9.59 Å². The Kier molecular flexibility index (Phi) is 4.20. The molecule has 0 aliphatic carbocycles. The van der Waals surface area contributed by atoms with Crippen LogP contribution in [-0.4, -0.2) is 53.9 Å². The van der Waals surface area contributed by atoms with E-state index in [0.717, 1.165) is 0 Å². The Labute approximate surface area is 150 Å². The minimum Gasteiger partial charge on any atom is -0.430 e. The quantitative estimate of drug-likeness (QED) is 0.413. The number of rotatable bonds is 4. The molecule has 142 valence electrons. The lowest BCUT2D eigenvalue weighted by Crippen LogP contribution is -2.66. The SMILES string of the molecule is CC(C)(C)C(=O)OCOC(=O)C1=CCC2C(C3(C)COC(=O)O3)C(=O)N12. The van der Waals surface area contributed by atoms with E-state index in [1.54, 1.807) is 33.8 Å². The Morgan fingerprint density at radius 1 is 1.31 bits per heavy atom. The summed E-state index contributed by atoms with van der Waals surface area (Å²) in [5, 5.41) is 0. The van der Waals surface area contributed by atoms with Crippen molar-refractivity contribution in [2.75, 3.05) is 13.4 Å². The van der Waals surface area contributed by atoms with E-state index >= 15 is 0 Å². The molecule has 0 spiro atoms. The van der Waals surface area contributed by atoms with Crippen LogP contribution < -0.4 is 0 Å². The van der Waals surface area contributed by atoms with E-state index in [2.05, 4.69) is 0 Å². The van der Waals surface area contributed by atoms with Gasteiger partial charge in [0, 0.05) is 0 Å². The van der Waals surface area contributed by atoms with Gasteiger partial charge in [0.1, 0.15) is 18.2 Å². The third-order valence-corrected chi connectivity index (χ3v) is 4.68. The number of carbonyl (C=O) groups excluding carboxylic acids is 4. The van der Waals surface area contributed by atoms with E-state index < -0.39 is 41.8 Å². The van der Waals surface area contributed by atoms with Crippen molar-refractivity contribution in [3.8, 4) is 0 Å². The molecular weight excluding hydrogens is 346 g/mol. The molecule has 0 saturated carbocycles. The van der Waals surface area contributed by atoms with Crippen molar-refractivity contribution in [1.82, 2.24) is 4.90 Å². The molecule has 2 fully saturated rings. The fourth-order valence-corrected chi connectivity index (χ4v) is 3.30. The highest BCUT2D eigenvalue weighted by atomic mass is 16.8. The highest BCUT2D eigenvalue weighted by molar-refractivity contribution is 6.00. The van der Waals surface area contributed by atoms with Gasteiger partial charge in [0.05, 0.1) is 11.5 Å². The van der Waals surface area contributed by atoms with Gasteiger partial charge in [0.25, 0.3) is 0 Å². The minimum absolute atomic E-state index is 0.00485. The molecule has 3 aliphatic rings. The largest absolute Gasteiger partial charge is 0.509 e. The summed E-state index contributed by atoms with van der Waals surface area (Å²) in [6.07, 6.45) is 1.23. The van der Waals surface area contributed by atoms with Crippen LogP contribution >= 0.6 is 0 Å². The molecule has 0 N–H and O–H groups in total. The fraction of sp³-hybridized carbons (Fsp3) is 0.647. The Hall–Kier alpha value is -2.58. The van der Waals surface area contributed by atoms with Gasteiger partial charge in [-0.15, -0.1) is 0 Å². The number of hydrogen-bond donors (Lipinski definition) is 0. The van der Waals surface area contributed by atoms with Crippen LogP contribution in [0.3, 0.4) is 0 Å². The van der Waals surface area contributed by atoms with Gasteiger partial charge in [-0.1, -0.05) is 6.08 Å². The molecule has 3 heterocycles. The van der Waals surface area contributed by atoms with Crippen molar-refractivity contribution in [3.05, 3.63) is 11.8 Å². The van der Waals surface area contributed by atoms with Crippen LogP contribution in [0.25, 0.3) is 0 Å². The molecule has 26 heavy (non-hydrogen) atoms. The Bertz CT molecular complexity index is 706. The van der Waals surface area contributed by atoms with Crippen LogP contribution in [0.15, 0.2) is 11.8 Å². The fourth-order valence-electron chi connectivity index (χ4n) is 3.30. The van der Waals surface area contributed by atoms with Gasteiger partial charge in [-0.2, -0.15) is 0 Å². The van der Waals surface area contributed by atoms with E-state index in [-0.39, 0.29) is 24.3 Å². The first kappa shape index (κ1) is 18.2. The van der Waals surface area contributed by atoms with Gasteiger partial charge in [-0.3, -0.25) is 9.59 Å². The van der Waals surface area contributed by atoms with Crippen LogP contribution in [-0.2, 0) is 33.3 Å². The molecule has 9 nitrogen and oxygen atoms in total. The van der Waals surface area contributed by atoms with Crippen LogP contribution in [0.1, 0.15) is 34.1 Å². The first-order chi connectivity index (χ1) is 12.0. The summed E-state index contributed by atoms with van der Waals surface area (Å²) in [6.45, 7) is 6.15. The highest BCUT2D eigenvalue weighted by Crippen LogP contribution is 2.46. The van der Waals surface area contributed by atoms with Crippen molar-refractivity contribution >= 4 is 24.0 Å². The van der Waals surface area contributed by atoms with E-state index in [9.17, 15) is 19.2 Å². The van der Waals surface area contributed by atoms with Crippen molar-refractivity contribution in [2.45, 2.75) is 45.8 Å². The number of ether oxygens (including phenoxy) is 4. The number of cyclic esters (lactones) is 2. The summed E-state index contributed by atoms with van der Waals surface area (Å²) in [6, 6.07) is -0.290. The second-order valence-electron chi connectivity index (χ2n) is 7.76. The molecule has 3 unspecified atom stereocenters. The third-order valence-electron chi connectivity index (χ3n) is 4.68. The van der Waals surface area contributed by atoms with Gasteiger partial charge in [0.15, 0.2) is 5.60 Å². The topological polar surface area (TPSA) is 108 Å². The monoisotopic (exact) mass is 367 g/mol. The molecule has 0 aromatic carbocycles. The Balaban J connectivity index is 1.56. The van der Waals surface area contributed by atoms with Crippen LogP contribution in [0, 0.1) is 11.3 Å². The van der Waals surface area contributed by atoms with E-state index in [0.29, 0.717) is 6.42 Å². The zero-order valence-corrected chi connectivity index (χ0v) is 15.1. The molecule has 0 bridgehead atoms. The summed E-state index contributed by atoms with van der Waals surface area (Å²) < 4.78 is 19.8. The summed E-state index contributed by atoms with van der Waals surface area (Å²) >= 11 is 0. The smallest absolute Gasteiger partial charge is 0.430 e. The molecule has 0 aromatic rings. The maximum atomic E-state index is 12.5. The lowest BCUT2D eigenvalue weighted by atomic mass is 9.75. The number of esters is 2. The van der Waals surface area contributed by atoms with E-state index in [4.69, 9.17) is 18.9 Å². The number of hydrogen-bond acceptors (Lipinski definition) is 8. The molecule has 3 atom stereocenters. The van der Waals surface area contributed by atoms with Crippen molar-refractivity contribution in [1.29, 1.82) is 0 Å².